The van der Waals surface area contributed by atoms with Gasteiger partial charge in [0.15, 0.2) is 0 Å². The maximum Gasteiger partial charge on any atom is 0.390 e. The van der Waals surface area contributed by atoms with Crippen LogP contribution >= 0.6 is 0 Å². The van der Waals surface area contributed by atoms with Gasteiger partial charge < -0.3 is 15.2 Å². The minimum absolute atomic E-state index is 0.0187. The summed E-state index contributed by atoms with van der Waals surface area (Å²) in [6.07, 6.45) is -7.88. The average Bonchev–Trinajstić information content (AvgIpc) is 3.23. The summed E-state index contributed by atoms with van der Waals surface area (Å²) in [6.45, 7) is 1.75. The van der Waals surface area contributed by atoms with E-state index in [-0.39, 0.29) is 22.9 Å². The van der Waals surface area contributed by atoms with Crippen LogP contribution in [0.15, 0.2) is 35.4 Å². The van der Waals surface area contributed by atoms with Gasteiger partial charge >= 0.3 is 5.82 Å². The number of aromatic nitrogens is 2. The van der Waals surface area contributed by atoms with Crippen LogP contribution in [0.2, 0.25) is 0 Å². The van der Waals surface area contributed by atoms with Gasteiger partial charge in [-0.1, -0.05) is 12.1 Å². The molecule has 0 aliphatic carbocycles. The van der Waals surface area contributed by atoms with Crippen molar-refractivity contribution in [3.63, 3.8) is 0 Å². The highest BCUT2D eigenvalue weighted by Gasteiger charge is 2.53. The molecular weight excluding hydrogens is 414 g/mol. The fourth-order valence-electron chi connectivity index (χ4n) is 2.89. The summed E-state index contributed by atoms with van der Waals surface area (Å²) in [5, 5.41) is 27.8. The molecule has 2 heterocycles. The second-order valence-electron chi connectivity index (χ2n) is 6.62. The Kier molecular flexibility index (Phi) is 5.57. The van der Waals surface area contributed by atoms with E-state index in [0.717, 1.165) is 0 Å². The second kappa shape index (κ2) is 7.82. The first kappa shape index (κ1) is 21.4. The number of aryl methyl sites for hydroxylation is 1. The smallest absolute Gasteiger partial charge is 0.364 e. The van der Waals surface area contributed by atoms with Gasteiger partial charge in [-0.25, -0.2) is 17.6 Å². The molecular formula is C17H15F4N5O4. The molecule has 1 amide bonds. The molecule has 0 radical (unpaired) electrons. The Bertz CT molecular complexity index is 1010. The molecule has 1 aromatic carbocycles. The second-order valence-corrected chi connectivity index (χ2v) is 6.62. The molecule has 0 saturated carbocycles. The summed E-state index contributed by atoms with van der Waals surface area (Å²) < 4.78 is 53.6. The van der Waals surface area contributed by atoms with E-state index in [9.17, 15) is 37.6 Å². The summed E-state index contributed by atoms with van der Waals surface area (Å²) in [4.78, 5) is 22.7. The number of aliphatic hydroxyl groups is 1. The summed E-state index contributed by atoms with van der Waals surface area (Å²) in [5.74, 6) is -1.50. The van der Waals surface area contributed by atoms with Crippen LogP contribution in [-0.2, 0) is 6.54 Å². The molecule has 30 heavy (non-hydrogen) atoms. The van der Waals surface area contributed by atoms with Crippen molar-refractivity contribution in [1.82, 2.24) is 14.8 Å². The third kappa shape index (κ3) is 3.87. The summed E-state index contributed by atoms with van der Waals surface area (Å²) in [6, 6.07) is 6.65. The van der Waals surface area contributed by atoms with Gasteiger partial charge in [0.25, 0.3) is 18.8 Å². The number of hydrogen-bond donors (Lipinski definition) is 1. The van der Waals surface area contributed by atoms with Crippen molar-refractivity contribution in [2.75, 3.05) is 0 Å². The maximum atomic E-state index is 13.3. The standard InChI is InChI=1S/C17H15F4N5O4/c1-9-6-13(26(29)30)23-24(9)8-10-2-4-11(5-3-10)15(27)25-17(28,16(20)21)7-12(22-25)14(18)19/h2-6,14,16,28H,7-8H2,1H3. The van der Waals surface area contributed by atoms with Crippen LogP contribution in [0.5, 0.6) is 0 Å². The first-order valence-electron chi connectivity index (χ1n) is 8.51. The highest BCUT2D eigenvalue weighted by molar-refractivity contribution is 5.99. The molecule has 0 bridgehead atoms. The molecule has 1 N–H and O–H groups in total. The van der Waals surface area contributed by atoms with Crippen LogP contribution in [0, 0.1) is 17.0 Å². The molecule has 1 atom stereocenters. The Hall–Kier alpha value is -3.35. The zero-order chi connectivity index (χ0) is 22.2. The molecule has 3 rings (SSSR count). The predicted octanol–water partition coefficient (Wildman–Crippen LogP) is 2.57. The van der Waals surface area contributed by atoms with Gasteiger partial charge in [-0.3, -0.25) is 4.79 Å². The van der Waals surface area contributed by atoms with Gasteiger partial charge in [0.1, 0.15) is 5.71 Å². The van der Waals surface area contributed by atoms with Gasteiger partial charge in [-0.05, 0) is 29.5 Å². The van der Waals surface area contributed by atoms with E-state index in [0.29, 0.717) is 11.3 Å². The van der Waals surface area contributed by atoms with Gasteiger partial charge in [-0.2, -0.15) is 14.8 Å². The summed E-state index contributed by atoms with van der Waals surface area (Å²) >= 11 is 0. The van der Waals surface area contributed by atoms with Crippen LogP contribution in [0.4, 0.5) is 23.4 Å². The molecule has 1 unspecified atom stereocenters. The lowest BCUT2D eigenvalue weighted by Gasteiger charge is -2.30. The largest absolute Gasteiger partial charge is 0.390 e. The number of rotatable bonds is 6. The quantitative estimate of drug-likeness (QED) is 0.431. The minimum atomic E-state index is -3.51. The highest BCUT2D eigenvalue weighted by Crippen LogP contribution is 2.34. The number of alkyl halides is 4. The van der Waals surface area contributed by atoms with Gasteiger partial charge in [0.05, 0.1) is 23.4 Å². The number of amides is 1. The fourth-order valence-corrected chi connectivity index (χ4v) is 2.89. The molecule has 2 aromatic rings. The molecule has 13 heteroatoms. The lowest BCUT2D eigenvalue weighted by Crippen LogP contribution is -2.51. The third-order valence-electron chi connectivity index (χ3n) is 4.52. The molecule has 160 valence electrons. The van der Waals surface area contributed by atoms with Crippen molar-refractivity contribution in [3.8, 4) is 0 Å². The van der Waals surface area contributed by atoms with Crippen LogP contribution in [0.25, 0.3) is 0 Å². The predicted molar refractivity (Wildman–Crippen MR) is 94.3 cm³/mol. The zero-order valence-electron chi connectivity index (χ0n) is 15.4. The van der Waals surface area contributed by atoms with E-state index in [1.54, 1.807) is 6.92 Å². The van der Waals surface area contributed by atoms with Crippen LogP contribution in [-0.4, -0.2) is 55.0 Å². The SMILES string of the molecule is Cc1cc([N+](=O)[O-])nn1Cc1ccc(C(=O)N2N=C(C(F)F)CC2(O)C(F)F)cc1. The monoisotopic (exact) mass is 429 g/mol. The van der Waals surface area contributed by atoms with Gasteiger partial charge in [-0.15, -0.1) is 0 Å². The lowest BCUT2D eigenvalue weighted by molar-refractivity contribution is -0.389. The van der Waals surface area contributed by atoms with Crippen molar-refractivity contribution in [3.05, 3.63) is 57.3 Å². The number of carbonyl (C=O) groups excluding carboxylic acids is 1. The van der Waals surface area contributed by atoms with E-state index >= 15 is 0 Å². The molecule has 9 nitrogen and oxygen atoms in total. The summed E-state index contributed by atoms with van der Waals surface area (Å²) in [7, 11) is 0. The maximum absolute atomic E-state index is 13.3. The van der Waals surface area contributed by atoms with Crippen molar-refractivity contribution in [2.24, 2.45) is 5.10 Å². The summed E-state index contributed by atoms with van der Waals surface area (Å²) in [5.41, 5.74) is -3.24. The zero-order valence-corrected chi connectivity index (χ0v) is 15.4. The number of halogens is 4. The first-order valence-corrected chi connectivity index (χ1v) is 8.51. The van der Waals surface area contributed by atoms with Gasteiger partial charge in [0.2, 0.25) is 5.72 Å². The highest BCUT2D eigenvalue weighted by atomic mass is 19.3. The van der Waals surface area contributed by atoms with Crippen LogP contribution < -0.4 is 0 Å². The number of benzene rings is 1. The number of nitro groups is 1. The Morgan fingerprint density at radius 3 is 2.43 bits per heavy atom. The molecule has 1 aliphatic rings. The average molecular weight is 429 g/mol. The number of carbonyl (C=O) groups is 1. The van der Waals surface area contributed by atoms with E-state index in [2.05, 4.69) is 10.2 Å². The van der Waals surface area contributed by atoms with E-state index in [1.165, 1.54) is 35.0 Å². The van der Waals surface area contributed by atoms with E-state index < -0.39 is 41.5 Å². The van der Waals surface area contributed by atoms with Crippen LogP contribution in [0.1, 0.15) is 28.0 Å². The van der Waals surface area contributed by atoms with E-state index in [1.807, 2.05) is 0 Å². The Morgan fingerprint density at radius 2 is 1.93 bits per heavy atom. The van der Waals surface area contributed by atoms with Crippen molar-refractivity contribution in [1.29, 1.82) is 0 Å². The number of hydrogen-bond acceptors (Lipinski definition) is 6. The normalized spacial score (nSPS) is 18.9. The Morgan fingerprint density at radius 1 is 1.30 bits per heavy atom. The van der Waals surface area contributed by atoms with Crippen molar-refractivity contribution < 1.29 is 32.4 Å². The Labute approximate surface area is 166 Å². The number of hydrazone groups is 1. The lowest BCUT2D eigenvalue weighted by atomic mass is 10.1. The van der Waals surface area contributed by atoms with Crippen molar-refractivity contribution >= 4 is 17.4 Å². The molecule has 1 aliphatic heterocycles. The van der Waals surface area contributed by atoms with Crippen molar-refractivity contribution in [2.45, 2.75) is 38.5 Å². The molecule has 0 saturated heterocycles. The Balaban J connectivity index is 1.81. The minimum Gasteiger partial charge on any atom is -0.364 e. The first-order chi connectivity index (χ1) is 14.0. The number of nitrogens with zero attached hydrogens (tertiary/aromatic N) is 5. The third-order valence-corrected chi connectivity index (χ3v) is 4.52. The van der Waals surface area contributed by atoms with Crippen LogP contribution in [0.3, 0.4) is 0 Å². The molecule has 1 aromatic heterocycles. The molecule has 0 fully saturated rings. The topological polar surface area (TPSA) is 114 Å². The fraction of sp³-hybridized carbons (Fsp3) is 0.353. The van der Waals surface area contributed by atoms with Gasteiger partial charge in [0, 0.05) is 12.0 Å². The van der Waals surface area contributed by atoms with E-state index in [4.69, 9.17) is 0 Å². The molecule has 0 spiro atoms.